The van der Waals surface area contributed by atoms with Crippen molar-refractivity contribution in [1.29, 1.82) is 0 Å². The molecular formula is C23H23ClN6OS. The number of hydrogen-bond donors (Lipinski definition) is 1. The first-order chi connectivity index (χ1) is 15.5. The summed E-state index contributed by atoms with van der Waals surface area (Å²) in [5.74, 6) is 1.19. The van der Waals surface area contributed by atoms with Crippen LogP contribution in [0.4, 0.5) is 5.13 Å². The average Bonchev–Trinajstić information content (AvgIpc) is 3.27. The first kappa shape index (κ1) is 22.1. The lowest BCUT2D eigenvalue weighted by Gasteiger charge is -2.12. The molecule has 0 atom stereocenters. The highest BCUT2D eigenvalue weighted by Crippen LogP contribution is 2.35. The summed E-state index contributed by atoms with van der Waals surface area (Å²) >= 11 is 8.16. The van der Waals surface area contributed by atoms with Crippen molar-refractivity contribution in [2.75, 3.05) is 11.9 Å². The van der Waals surface area contributed by atoms with Crippen LogP contribution in [0.3, 0.4) is 0 Å². The maximum Gasteiger partial charge on any atom is 0.183 e. The van der Waals surface area contributed by atoms with Crippen LogP contribution in [0.25, 0.3) is 33.3 Å². The summed E-state index contributed by atoms with van der Waals surface area (Å²) in [6.45, 7) is 6.94. The largest absolute Gasteiger partial charge is 0.491 e. The first-order valence-electron chi connectivity index (χ1n) is 10.4. The molecular weight excluding hydrogens is 444 g/mol. The van der Waals surface area contributed by atoms with Gasteiger partial charge in [-0.2, -0.15) is 0 Å². The summed E-state index contributed by atoms with van der Waals surface area (Å²) in [5, 5.41) is 4.72. The molecule has 0 aliphatic rings. The standard InChI is InChI=1S/C23H23ClN6OS/c1-4-7-27-23-28-13-21(32-23)19-11-18(29-22(30-19)20-12-25-8-9-26-20)16-6-5-15(10-17(16)24)31-14(2)3/h5-6,8-14H,4,7H2,1-3H3,(H,27,28). The lowest BCUT2D eigenvalue weighted by molar-refractivity contribution is 0.242. The van der Waals surface area contributed by atoms with Crippen molar-refractivity contribution >= 4 is 28.1 Å². The molecule has 4 aromatic rings. The van der Waals surface area contributed by atoms with Crippen molar-refractivity contribution in [1.82, 2.24) is 24.9 Å². The summed E-state index contributed by atoms with van der Waals surface area (Å²) in [4.78, 5) is 23.4. The Kier molecular flexibility index (Phi) is 6.92. The third kappa shape index (κ3) is 5.20. The predicted octanol–water partition coefficient (Wildman–Crippen LogP) is 5.99. The molecule has 0 unspecified atom stereocenters. The van der Waals surface area contributed by atoms with E-state index in [-0.39, 0.29) is 6.10 Å². The molecule has 0 fully saturated rings. The monoisotopic (exact) mass is 466 g/mol. The molecule has 0 aliphatic heterocycles. The SMILES string of the molecule is CCCNc1ncc(-c2cc(-c3ccc(OC(C)C)cc3Cl)nc(-c3cnccn3)n2)s1. The van der Waals surface area contributed by atoms with E-state index in [1.165, 1.54) is 0 Å². The minimum atomic E-state index is 0.0627. The number of nitrogens with zero attached hydrogens (tertiary/aromatic N) is 5. The van der Waals surface area contributed by atoms with E-state index in [1.807, 2.05) is 38.2 Å². The minimum absolute atomic E-state index is 0.0627. The van der Waals surface area contributed by atoms with Crippen LogP contribution in [0.2, 0.25) is 5.02 Å². The summed E-state index contributed by atoms with van der Waals surface area (Å²) < 4.78 is 5.76. The van der Waals surface area contributed by atoms with Gasteiger partial charge in [0.2, 0.25) is 0 Å². The van der Waals surface area contributed by atoms with E-state index in [9.17, 15) is 0 Å². The van der Waals surface area contributed by atoms with Gasteiger partial charge in [-0.3, -0.25) is 4.98 Å². The Balaban J connectivity index is 1.79. The number of ether oxygens (including phenoxy) is 1. The molecule has 7 nitrogen and oxygen atoms in total. The zero-order chi connectivity index (χ0) is 22.5. The Morgan fingerprint density at radius 1 is 1.03 bits per heavy atom. The zero-order valence-electron chi connectivity index (χ0n) is 18.0. The van der Waals surface area contributed by atoms with Crippen LogP contribution in [0.5, 0.6) is 5.75 Å². The molecule has 1 aromatic carbocycles. The topological polar surface area (TPSA) is 85.7 Å². The van der Waals surface area contributed by atoms with Gasteiger partial charge in [-0.1, -0.05) is 29.9 Å². The second kappa shape index (κ2) is 10.0. The van der Waals surface area contributed by atoms with Crippen molar-refractivity contribution in [3.8, 4) is 39.1 Å². The highest BCUT2D eigenvalue weighted by Gasteiger charge is 2.16. The normalized spacial score (nSPS) is 11.0. The Bertz CT molecular complexity index is 1200. The van der Waals surface area contributed by atoms with Gasteiger partial charge >= 0.3 is 0 Å². The van der Waals surface area contributed by atoms with Crippen molar-refractivity contribution in [3.63, 3.8) is 0 Å². The average molecular weight is 467 g/mol. The summed E-state index contributed by atoms with van der Waals surface area (Å²) in [5.41, 5.74) is 2.80. The van der Waals surface area contributed by atoms with Crippen LogP contribution in [0.15, 0.2) is 49.1 Å². The molecule has 0 saturated heterocycles. The number of aromatic nitrogens is 5. The highest BCUT2D eigenvalue weighted by molar-refractivity contribution is 7.18. The van der Waals surface area contributed by atoms with Gasteiger partial charge in [0.25, 0.3) is 0 Å². The minimum Gasteiger partial charge on any atom is -0.491 e. The van der Waals surface area contributed by atoms with Crippen LogP contribution >= 0.6 is 22.9 Å². The molecule has 32 heavy (non-hydrogen) atoms. The van der Waals surface area contributed by atoms with E-state index in [4.69, 9.17) is 26.3 Å². The predicted molar refractivity (Wildman–Crippen MR) is 129 cm³/mol. The van der Waals surface area contributed by atoms with Crippen molar-refractivity contribution in [2.45, 2.75) is 33.3 Å². The molecule has 9 heteroatoms. The number of rotatable bonds is 8. The molecule has 3 aromatic heterocycles. The summed E-state index contributed by atoms with van der Waals surface area (Å²) in [7, 11) is 0. The number of hydrogen-bond acceptors (Lipinski definition) is 8. The molecule has 0 amide bonds. The molecule has 0 aliphatic carbocycles. The van der Waals surface area contributed by atoms with Gasteiger partial charge in [0.15, 0.2) is 11.0 Å². The number of anilines is 1. The van der Waals surface area contributed by atoms with Crippen LogP contribution in [0, 0.1) is 0 Å². The Labute approximate surface area is 195 Å². The molecule has 0 spiro atoms. The fraction of sp³-hybridized carbons (Fsp3) is 0.261. The Hall–Kier alpha value is -3.10. The third-order valence-electron chi connectivity index (χ3n) is 4.39. The number of nitrogens with one attached hydrogen (secondary N) is 1. The van der Waals surface area contributed by atoms with Crippen LogP contribution in [-0.4, -0.2) is 37.6 Å². The number of halogens is 1. The number of benzene rings is 1. The van der Waals surface area contributed by atoms with Crippen molar-refractivity contribution in [3.05, 3.63) is 54.1 Å². The molecule has 0 bridgehead atoms. The Morgan fingerprint density at radius 3 is 2.59 bits per heavy atom. The van der Waals surface area contributed by atoms with Crippen LogP contribution < -0.4 is 10.1 Å². The van der Waals surface area contributed by atoms with E-state index in [0.29, 0.717) is 28.0 Å². The van der Waals surface area contributed by atoms with E-state index in [0.717, 1.165) is 34.2 Å². The second-order valence-corrected chi connectivity index (χ2v) is 8.76. The second-order valence-electron chi connectivity index (χ2n) is 7.32. The smallest absolute Gasteiger partial charge is 0.183 e. The molecule has 3 heterocycles. The Morgan fingerprint density at radius 2 is 1.88 bits per heavy atom. The quantitative estimate of drug-likeness (QED) is 0.341. The fourth-order valence-electron chi connectivity index (χ4n) is 3.00. The van der Waals surface area contributed by atoms with Gasteiger partial charge in [-0.15, -0.1) is 0 Å². The van der Waals surface area contributed by atoms with Crippen LogP contribution in [0.1, 0.15) is 27.2 Å². The zero-order valence-corrected chi connectivity index (χ0v) is 19.6. The highest BCUT2D eigenvalue weighted by atomic mass is 35.5. The van der Waals surface area contributed by atoms with Gasteiger partial charge in [0.1, 0.15) is 11.4 Å². The molecule has 0 radical (unpaired) electrons. The molecule has 164 valence electrons. The van der Waals surface area contributed by atoms with E-state index < -0.39 is 0 Å². The molecule has 0 saturated carbocycles. The van der Waals surface area contributed by atoms with Gasteiger partial charge in [-0.25, -0.2) is 19.9 Å². The molecule has 1 N–H and O–H groups in total. The lowest BCUT2D eigenvalue weighted by Crippen LogP contribution is -2.05. The van der Waals surface area contributed by atoms with Crippen LogP contribution in [-0.2, 0) is 0 Å². The van der Waals surface area contributed by atoms with Gasteiger partial charge in [0, 0.05) is 30.7 Å². The van der Waals surface area contributed by atoms with Gasteiger partial charge < -0.3 is 10.1 Å². The molecule has 4 rings (SSSR count). The number of thiazole rings is 1. The van der Waals surface area contributed by atoms with Crippen molar-refractivity contribution < 1.29 is 4.74 Å². The van der Waals surface area contributed by atoms with E-state index in [2.05, 4.69) is 27.2 Å². The first-order valence-corrected chi connectivity index (χ1v) is 11.5. The lowest BCUT2D eigenvalue weighted by atomic mass is 10.1. The van der Waals surface area contributed by atoms with Gasteiger partial charge in [0.05, 0.1) is 33.6 Å². The third-order valence-corrected chi connectivity index (χ3v) is 5.68. The maximum atomic E-state index is 6.62. The summed E-state index contributed by atoms with van der Waals surface area (Å²) in [6.07, 6.45) is 7.79. The van der Waals surface area contributed by atoms with Crippen molar-refractivity contribution in [2.24, 2.45) is 0 Å². The van der Waals surface area contributed by atoms with E-state index >= 15 is 0 Å². The fourth-order valence-corrected chi connectivity index (χ4v) is 4.07. The summed E-state index contributed by atoms with van der Waals surface area (Å²) in [6, 6.07) is 7.53. The van der Waals surface area contributed by atoms with E-state index in [1.54, 1.807) is 36.0 Å². The maximum absolute atomic E-state index is 6.62. The van der Waals surface area contributed by atoms with Gasteiger partial charge in [-0.05, 0) is 44.5 Å².